The van der Waals surface area contributed by atoms with Crippen LogP contribution in [0.1, 0.15) is 23.2 Å². The lowest BCUT2D eigenvalue weighted by Crippen LogP contribution is -2.19. The fourth-order valence-electron chi connectivity index (χ4n) is 3.30. The number of thiazole rings is 1. The van der Waals surface area contributed by atoms with Gasteiger partial charge < -0.3 is 5.32 Å². The van der Waals surface area contributed by atoms with E-state index in [0.29, 0.717) is 28.5 Å². The largest absolute Gasteiger partial charge is 0.326 e. The molecule has 0 atom stereocenters. The maximum atomic E-state index is 13.1. The van der Waals surface area contributed by atoms with Gasteiger partial charge in [-0.25, -0.2) is 9.37 Å². The monoisotopic (exact) mass is 436 g/mol. The van der Waals surface area contributed by atoms with Crippen molar-refractivity contribution in [2.45, 2.75) is 26.7 Å². The summed E-state index contributed by atoms with van der Waals surface area (Å²) in [6.45, 7) is 3.74. The van der Waals surface area contributed by atoms with E-state index in [1.165, 1.54) is 28.2 Å². The lowest BCUT2D eigenvalue weighted by atomic mass is 10.1. The average Bonchev–Trinajstić information content (AvgIpc) is 3.34. The van der Waals surface area contributed by atoms with Gasteiger partial charge in [-0.1, -0.05) is 18.2 Å². The smallest absolute Gasteiger partial charge is 0.276 e. The average molecular weight is 437 g/mol. The molecule has 2 heterocycles. The van der Waals surface area contributed by atoms with Crippen LogP contribution in [0.3, 0.4) is 0 Å². The third kappa shape index (κ3) is 4.49. The molecule has 158 valence electrons. The van der Waals surface area contributed by atoms with Gasteiger partial charge in [-0.05, 0) is 56.2 Å². The van der Waals surface area contributed by atoms with Crippen LogP contribution in [-0.4, -0.2) is 20.7 Å². The minimum absolute atomic E-state index is 0.145. The lowest BCUT2D eigenvalue weighted by molar-refractivity contribution is -0.116. The Labute approximate surface area is 182 Å². The summed E-state index contributed by atoms with van der Waals surface area (Å²) in [5.74, 6) is -0.458. The van der Waals surface area contributed by atoms with E-state index in [1.807, 2.05) is 36.6 Å². The second kappa shape index (κ2) is 8.69. The number of aromatic amines is 1. The zero-order valence-corrected chi connectivity index (χ0v) is 17.9. The van der Waals surface area contributed by atoms with E-state index in [1.54, 1.807) is 19.1 Å². The molecule has 2 aromatic heterocycles. The Hall–Kier alpha value is -3.52. The molecule has 2 N–H and O–H groups in total. The SMILES string of the molecule is Cc1ccccc1NC(=O)CCc1c(C)[nH]n(-c2nc(-c3ccc(F)cc3)cs2)c1=O. The summed E-state index contributed by atoms with van der Waals surface area (Å²) in [4.78, 5) is 29.8. The Morgan fingerprint density at radius 1 is 1.16 bits per heavy atom. The number of aromatic nitrogens is 3. The van der Waals surface area contributed by atoms with Crippen molar-refractivity contribution in [3.8, 4) is 16.4 Å². The van der Waals surface area contributed by atoms with Gasteiger partial charge in [0.25, 0.3) is 5.56 Å². The van der Waals surface area contributed by atoms with Crippen molar-refractivity contribution >= 4 is 22.9 Å². The van der Waals surface area contributed by atoms with Gasteiger partial charge in [-0.15, -0.1) is 11.3 Å². The van der Waals surface area contributed by atoms with Gasteiger partial charge in [0.15, 0.2) is 0 Å². The maximum Gasteiger partial charge on any atom is 0.276 e. The van der Waals surface area contributed by atoms with Crippen molar-refractivity contribution in [3.63, 3.8) is 0 Å². The van der Waals surface area contributed by atoms with Crippen LogP contribution in [0.4, 0.5) is 10.1 Å². The molecule has 4 aromatic rings. The number of rotatable bonds is 6. The number of hydrogen-bond donors (Lipinski definition) is 2. The van der Waals surface area contributed by atoms with Crippen LogP contribution < -0.4 is 10.9 Å². The van der Waals surface area contributed by atoms with E-state index < -0.39 is 0 Å². The number of nitrogens with one attached hydrogen (secondary N) is 2. The molecule has 6 nitrogen and oxygen atoms in total. The Balaban J connectivity index is 1.49. The molecule has 0 bridgehead atoms. The van der Waals surface area contributed by atoms with Crippen LogP contribution in [0.25, 0.3) is 16.4 Å². The van der Waals surface area contributed by atoms with Crippen LogP contribution >= 0.6 is 11.3 Å². The van der Waals surface area contributed by atoms with Gasteiger partial charge in [0.05, 0.1) is 5.69 Å². The predicted octanol–water partition coefficient (Wildman–Crippen LogP) is 4.62. The number of amides is 1. The maximum absolute atomic E-state index is 13.1. The minimum atomic E-state index is -0.313. The number of nitrogens with zero attached hydrogens (tertiary/aromatic N) is 2. The van der Waals surface area contributed by atoms with Crippen LogP contribution in [-0.2, 0) is 11.2 Å². The quantitative estimate of drug-likeness (QED) is 0.463. The first-order chi connectivity index (χ1) is 14.9. The molecular weight excluding hydrogens is 415 g/mol. The first-order valence-electron chi connectivity index (χ1n) is 9.80. The van der Waals surface area contributed by atoms with Crippen molar-refractivity contribution in [2.75, 3.05) is 5.32 Å². The van der Waals surface area contributed by atoms with Gasteiger partial charge in [0.2, 0.25) is 11.0 Å². The van der Waals surface area contributed by atoms with Gasteiger partial charge in [0.1, 0.15) is 5.82 Å². The number of hydrogen-bond acceptors (Lipinski definition) is 4. The normalized spacial score (nSPS) is 10.9. The van der Waals surface area contributed by atoms with Gasteiger partial charge >= 0.3 is 0 Å². The molecule has 0 radical (unpaired) electrons. The molecule has 0 aliphatic carbocycles. The second-order valence-corrected chi connectivity index (χ2v) is 8.08. The topological polar surface area (TPSA) is 79.8 Å². The third-order valence-corrected chi connectivity index (χ3v) is 5.86. The Morgan fingerprint density at radius 2 is 1.90 bits per heavy atom. The number of anilines is 1. The molecule has 0 aliphatic rings. The van der Waals surface area contributed by atoms with Gasteiger partial charge in [-0.2, -0.15) is 4.68 Å². The zero-order valence-electron chi connectivity index (χ0n) is 17.1. The summed E-state index contributed by atoms with van der Waals surface area (Å²) >= 11 is 1.31. The van der Waals surface area contributed by atoms with Crippen LogP contribution in [0.2, 0.25) is 0 Å². The summed E-state index contributed by atoms with van der Waals surface area (Å²) < 4.78 is 14.5. The molecule has 8 heteroatoms. The zero-order chi connectivity index (χ0) is 22.0. The number of H-pyrrole nitrogens is 1. The molecule has 0 saturated carbocycles. The highest BCUT2D eigenvalue weighted by atomic mass is 32.1. The Kier molecular flexibility index (Phi) is 5.81. The van der Waals surface area contributed by atoms with Crippen molar-refractivity contribution in [2.24, 2.45) is 0 Å². The van der Waals surface area contributed by atoms with E-state index in [0.717, 1.165) is 16.8 Å². The summed E-state index contributed by atoms with van der Waals surface area (Å²) in [5.41, 5.74) is 4.22. The lowest BCUT2D eigenvalue weighted by Gasteiger charge is -2.07. The molecule has 1 amide bonds. The van der Waals surface area contributed by atoms with Crippen LogP contribution in [0, 0.1) is 19.7 Å². The molecule has 0 fully saturated rings. The highest BCUT2D eigenvalue weighted by Crippen LogP contribution is 2.24. The number of carbonyl (C=O) groups excluding carboxylic acids is 1. The van der Waals surface area contributed by atoms with E-state index in [4.69, 9.17) is 0 Å². The van der Waals surface area contributed by atoms with Crippen molar-refractivity contribution in [1.82, 2.24) is 14.8 Å². The molecule has 4 rings (SSSR count). The van der Waals surface area contributed by atoms with Crippen molar-refractivity contribution < 1.29 is 9.18 Å². The first-order valence-corrected chi connectivity index (χ1v) is 10.7. The highest BCUT2D eigenvalue weighted by molar-refractivity contribution is 7.12. The summed E-state index contributed by atoms with van der Waals surface area (Å²) in [5, 5.41) is 8.24. The summed E-state index contributed by atoms with van der Waals surface area (Å²) in [7, 11) is 0. The summed E-state index contributed by atoms with van der Waals surface area (Å²) in [6, 6.07) is 13.6. The minimum Gasteiger partial charge on any atom is -0.326 e. The predicted molar refractivity (Wildman–Crippen MR) is 120 cm³/mol. The van der Waals surface area contributed by atoms with E-state index >= 15 is 0 Å². The number of halogens is 1. The molecule has 0 spiro atoms. The Morgan fingerprint density at radius 3 is 2.65 bits per heavy atom. The molecule has 0 saturated heterocycles. The van der Waals surface area contributed by atoms with E-state index in [9.17, 15) is 14.0 Å². The first kappa shape index (κ1) is 20.7. The summed E-state index contributed by atoms with van der Waals surface area (Å²) in [6.07, 6.45) is 0.517. The Bertz CT molecular complexity index is 1290. The van der Waals surface area contributed by atoms with E-state index in [2.05, 4.69) is 15.4 Å². The van der Waals surface area contributed by atoms with Crippen molar-refractivity contribution in [3.05, 3.63) is 86.9 Å². The van der Waals surface area contributed by atoms with Gasteiger partial charge in [-0.3, -0.25) is 14.7 Å². The number of aryl methyl sites for hydroxylation is 2. The standard InChI is InChI=1S/C23H21FN4O2S/c1-14-5-3-4-6-19(14)25-21(29)12-11-18-15(2)27-28(22(18)30)23-26-20(13-31-23)16-7-9-17(24)10-8-16/h3-10,13,27H,11-12H2,1-2H3,(H,25,29). The molecule has 0 unspecified atom stereocenters. The third-order valence-electron chi connectivity index (χ3n) is 5.04. The van der Waals surface area contributed by atoms with Crippen molar-refractivity contribution in [1.29, 1.82) is 0 Å². The number of carbonyl (C=O) groups is 1. The molecule has 31 heavy (non-hydrogen) atoms. The van der Waals surface area contributed by atoms with Gasteiger partial charge in [0, 0.05) is 34.3 Å². The van der Waals surface area contributed by atoms with Crippen LogP contribution in [0.15, 0.2) is 58.7 Å². The van der Waals surface area contributed by atoms with Crippen LogP contribution in [0.5, 0.6) is 0 Å². The highest BCUT2D eigenvalue weighted by Gasteiger charge is 2.16. The fourth-order valence-corrected chi connectivity index (χ4v) is 4.09. The second-order valence-electron chi connectivity index (χ2n) is 7.24. The molecule has 2 aromatic carbocycles. The number of benzene rings is 2. The fraction of sp³-hybridized carbons (Fsp3) is 0.174. The molecule has 0 aliphatic heterocycles. The van der Waals surface area contributed by atoms with E-state index in [-0.39, 0.29) is 23.7 Å². The molecular formula is C23H21FN4O2S. The number of para-hydroxylation sites is 1.